The van der Waals surface area contributed by atoms with Crippen LogP contribution < -0.4 is 9.80 Å². The van der Waals surface area contributed by atoms with Crippen molar-refractivity contribution in [3.05, 3.63) is 23.5 Å². The molecule has 0 N–H and O–H groups in total. The summed E-state index contributed by atoms with van der Waals surface area (Å²) in [6.07, 6.45) is 3.10. The molecule has 2 aromatic heterocycles. The monoisotopic (exact) mass is 359 g/mol. The van der Waals surface area contributed by atoms with Crippen molar-refractivity contribution in [3.63, 3.8) is 0 Å². The predicted molar refractivity (Wildman–Crippen MR) is 101 cm³/mol. The lowest BCUT2D eigenvalue weighted by atomic mass is 10.0. The van der Waals surface area contributed by atoms with E-state index in [4.69, 9.17) is 9.51 Å². The van der Waals surface area contributed by atoms with E-state index in [1.165, 1.54) is 0 Å². The Morgan fingerprint density at radius 2 is 1.88 bits per heavy atom. The molecule has 0 saturated carbocycles. The number of anilines is 2. The summed E-state index contributed by atoms with van der Waals surface area (Å²) in [6.45, 7) is 6.66. The SMILES string of the molecule is CCc1cc(N2CCC(N(C)Cc3noc(C)n3)CC2)nc(N(C)C)n1. The van der Waals surface area contributed by atoms with Crippen LogP contribution in [0.5, 0.6) is 0 Å². The maximum Gasteiger partial charge on any atom is 0.227 e. The summed E-state index contributed by atoms with van der Waals surface area (Å²) in [7, 11) is 6.11. The summed E-state index contributed by atoms with van der Waals surface area (Å²) in [4.78, 5) is 20.3. The molecule has 0 aromatic carbocycles. The van der Waals surface area contributed by atoms with E-state index in [1.54, 1.807) is 0 Å². The normalized spacial score (nSPS) is 15.7. The third-order valence-electron chi connectivity index (χ3n) is 4.89. The molecule has 3 rings (SSSR count). The molecule has 3 heterocycles. The highest BCUT2D eigenvalue weighted by molar-refractivity contribution is 5.46. The third-order valence-corrected chi connectivity index (χ3v) is 4.89. The van der Waals surface area contributed by atoms with Crippen molar-refractivity contribution in [2.24, 2.45) is 0 Å². The quantitative estimate of drug-likeness (QED) is 0.774. The Labute approximate surface area is 155 Å². The zero-order chi connectivity index (χ0) is 18.7. The van der Waals surface area contributed by atoms with E-state index in [2.05, 4.69) is 45.0 Å². The number of hydrogen-bond acceptors (Lipinski definition) is 8. The summed E-state index contributed by atoms with van der Waals surface area (Å²) in [6, 6.07) is 2.64. The van der Waals surface area contributed by atoms with Crippen LogP contribution in [0.15, 0.2) is 10.6 Å². The van der Waals surface area contributed by atoms with Gasteiger partial charge >= 0.3 is 0 Å². The van der Waals surface area contributed by atoms with Crippen LogP contribution >= 0.6 is 0 Å². The smallest absolute Gasteiger partial charge is 0.227 e. The average Bonchev–Trinajstić information content (AvgIpc) is 3.06. The van der Waals surface area contributed by atoms with Crippen LogP contribution in [0, 0.1) is 6.92 Å². The van der Waals surface area contributed by atoms with Gasteiger partial charge in [0.1, 0.15) is 5.82 Å². The van der Waals surface area contributed by atoms with E-state index >= 15 is 0 Å². The van der Waals surface area contributed by atoms with Crippen LogP contribution in [0.2, 0.25) is 0 Å². The standard InChI is InChI=1S/C18H29N7O/c1-6-14-11-17(21-18(20-14)23(3)4)25-9-7-15(8-10-25)24(5)12-16-19-13(2)26-22-16/h11,15H,6-10,12H2,1-5H3. The lowest BCUT2D eigenvalue weighted by Crippen LogP contribution is -2.43. The van der Waals surface area contributed by atoms with Crippen LogP contribution in [0.25, 0.3) is 0 Å². The fourth-order valence-corrected chi connectivity index (χ4v) is 3.31. The van der Waals surface area contributed by atoms with Gasteiger partial charge in [-0.3, -0.25) is 4.90 Å². The first kappa shape index (κ1) is 18.6. The van der Waals surface area contributed by atoms with E-state index in [-0.39, 0.29) is 0 Å². The maximum atomic E-state index is 5.07. The van der Waals surface area contributed by atoms with Crippen molar-refractivity contribution in [1.29, 1.82) is 0 Å². The van der Waals surface area contributed by atoms with Gasteiger partial charge in [0.25, 0.3) is 0 Å². The summed E-state index contributed by atoms with van der Waals surface area (Å²) < 4.78 is 5.07. The van der Waals surface area contributed by atoms with Gasteiger partial charge in [-0.15, -0.1) is 0 Å². The number of nitrogens with zero attached hydrogens (tertiary/aromatic N) is 7. The van der Waals surface area contributed by atoms with Crippen molar-refractivity contribution >= 4 is 11.8 Å². The molecule has 1 fully saturated rings. The van der Waals surface area contributed by atoms with Crippen molar-refractivity contribution in [2.75, 3.05) is 44.0 Å². The van der Waals surface area contributed by atoms with Gasteiger partial charge in [0.2, 0.25) is 11.8 Å². The number of rotatable bonds is 6. The minimum Gasteiger partial charge on any atom is -0.356 e. The fraction of sp³-hybridized carbons (Fsp3) is 0.667. The molecule has 142 valence electrons. The predicted octanol–water partition coefficient (Wildman–Crippen LogP) is 1.90. The van der Waals surface area contributed by atoms with Crippen LogP contribution in [0.3, 0.4) is 0 Å². The van der Waals surface area contributed by atoms with E-state index in [0.717, 1.165) is 62.2 Å². The topological polar surface area (TPSA) is 74.4 Å². The van der Waals surface area contributed by atoms with E-state index < -0.39 is 0 Å². The molecular formula is C18H29N7O. The Bertz CT molecular complexity index is 722. The lowest BCUT2D eigenvalue weighted by molar-refractivity contribution is 0.193. The Morgan fingerprint density at radius 1 is 1.15 bits per heavy atom. The first-order valence-corrected chi connectivity index (χ1v) is 9.26. The average molecular weight is 359 g/mol. The van der Waals surface area contributed by atoms with Crippen molar-refractivity contribution in [3.8, 4) is 0 Å². The lowest BCUT2D eigenvalue weighted by Gasteiger charge is -2.37. The highest BCUT2D eigenvalue weighted by Gasteiger charge is 2.25. The van der Waals surface area contributed by atoms with Gasteiger partial charge in [-0.25, -0.2) is 4.98 Å². The summed E-state index contributed by atoms with van der Waals surface area (Å²) >= 11 is 0. The van der Waals surface area contributed by atoms with Crippen LogP contribution in [0.1, 0.15) is 37.2 Å². The zero-order valence-corrected chi connectivity index (χ0v) is 16.4. The Hall–Kier alpha value is -2.22. The summed E-state index contributed by atoms with van der Waals surface area (Å²) in [5.41, 5.74) is 1.09. The zero-order valence-electron chi connectivity index (χ0n) is 16.4. The molecule has 8 heteroatoms. The van der Waals surface area contributed by atoms with Crippen molar-refractivity contribution in [1.82, 2.24) is 25.0 Å². The number of aromatic nitrogens is 4. The Morgan fingerprint density at radius 3 is 2.46 bits per heavy atom. The van der Waals surface area contributed by atoms with Crippen LogP contribution in [-0.2, 0) is 13.0 Å². The molecule has 0 spiro atoms. The van der Waals surface area contributed by atoms with Gasteiger partial charge < -0.3 is 14.3 Å². The minimum atomic E-state index is 0.519. The first-order chi connectivity index (χ1) is 12.5. The van der Waals surface area contributed by atoms with Crippen LogP contribution in [-0.4, -0.2) is 65.3 Å². The van der Waals surface area contributed by atoms with Gasteiger partial charge in [-0.05, 0) is 26.3 Å². The first-order valence-electron chi connectivity index (χ1n) is 9.26. The molecule has 1 aliphatic heterocycles. The summed E-state index contributed by atoms with van der Waals surface area (Å²) in [5.74, 6) is 3.20. The number of piperidine rings is 1. The third kappa shape index (κ3) is 4.30. The molecule has 0 aliphatic carbocycles. The second-order valence-electron chi connectivity index (χ2n) is 7.13. The Balaban J connectivity index is 1.62. The number of hydrogen-bond donors (Lipinski definition) is 0. The molecule has 2 aromatic rings. The molecule has 8 nitrogen and oxygen atoms in total. The van der Waals surface area contributed by atoms with Crippen molar-refractivity contribution in [2.45, 2.75) is 45.7 Å². The fourth-order valence-electron chi connectivity index (χ4n) is 3.31. The van der Waals surface area contributed by atoms with E-state index in [1.807, 2.05) is 25.9 Å². The molecule has 0 amide bonds. The molecule has 26 heavy (non-hydrogen) atoms. The Kier molecular flexibility index (Phi) is 5.70. The van der Waals surface area contributed by atoms with Gasteiger partial charge in [-0.2, -0.15) is 9.97 Å². The highest BCUT2D eigenvalue weighted by Crippen LogP contribution is 2.23. The second kappa shape index (κ2) is 7.99. The highest BCUT2D eigenvalue weighted by atomic mass is 16.5. The minimum absolute atomic E-state index is 0.519. The van der Waals surface area contributed by atoms with E-state index in [0.29, 0.717) is 11.9 Å². The van der Waals surface area contributed by atoms with Gasteiger partial charge in [-0.1, -0.05) is 12.1 Å². The molecule has 0 radical (unpaired) electrons. The van der Waals surface area contributed by atoms with Crippen LogP contribution in [0.4, 0.5) is 11.8 Å². The molecule has 0 atom stereocenters. The molecule has 0 unspecified atom stereocenters. The summed E-state index contributed by atoms with van der Waals surface area (Å²) in [5, 5.41) is 4.00. The second-order valence-corrected chi connectivity index (χ2v) is 7.13. The van der Waals surface area contributed by atoms with E-state index in [9.17, 15) is 0 Å². The van der Waals surface area contributed by atoms with Gasteiger partial charge in [0.05, 0.1) is 6.54 Å². The molecular weight excluding hydrogens is 330 g/mol. The molecule has 1 saturated heterocycles. The molecule has 1 aliphatic rings. The van der Waals surface area contributed by atoms with Crippen molar-refractivity contribution < 1.29 is 4.52 Å². The molecule has 0 bridgehead atoms. The largest absolute Gasteiger partial charge is 0.356 e. The van der Waals surface area contributed by atoms with Gasteiger partial charge in [0, 0.05) is 51.9 Å². The number of aryl methyl sites for hydroxylation is 2. The van der Waals surface area contributed by atoms with Gasteiger partial charge in [0.15, 0.2) is 5.82 Å². The maximum absolute atomic E-state index is 5.07.